The zero-order valence-corrected chi connectivity index (χ0v) is 22.6. The van der Waals surface area contributed by atoms with Crippen LogP contribution < -0.4 is 9.11 Å². The highest BCUT2D eigenvalue weighted by molar-refractivity contribution is 7.92. The Balaban J connectivity index is 1.69. The zero-order valence-electron chi connectivity index (χ0n) is 21.0. The Kier molecular flexibility index (Phi) is 7.60. The number of para-hydroxylation sites is 1. The van der Waals surface area contributed by atoms with Crippen LogP contribution in [0.3, 0.4) is 0 Å². The molecule has 3 aromatic carbocycles. The van der Waals surface area contributed by atoms with Crippen molar-refractivity contribution in [3.8, 4) is 0 Å². The van der Waals surface area contributed by atoms with Crippen LogP contribution in [0.5, 0.6) is 0 Å². The van der Waals surface area contributed by atoms with E-state index < -0.39 is 21.9 Å². The number of hydrogen-bond acceptors (Lipinski definition) is 6. The van der Waals surface area contributed by atoms with Gasteiger partial charge >= 0.3 is 5.97 Å². The first-order chi connectivity index (χ1) is 17.6. The van der Waals surface area contributed by atoms with Gasteiger partial charge in [0, 0.05) is 12.6 Å². The number of aromatic nitrogens is 1. The van der Waals surface area contributed by atoms with Gasteiger partial charge in [0.25, 0.3) is 15.9 Å². The summed E-state index contributed by atoms with van der Waals surface area (Å²) in [6.07, 6.45) is 0. The number of benzene rings is 3. The number of sulfonamides is 1. The van der Waals surface area contributed by atoms with Gasteiger partial charge in [-0.25, -0.2) is 8.42 Å². The van der Waals surface area contributed by atoms with Crippen molar-refractivity contribution in [1.29, 1.82) is 0 Å². The summed E-state index contributed by atoms with van der Waals surface area (Å²) in [6, 6.07) is 18.4. The number of thiazole rings is 1. The van der Waals surface area contributed by atoms with Crippen LogP contribution in [-0.4, -0.2) is 38.5 Å². The van der Waals surface area contributed by atoms with Crippen LogP contribution in [0, 0.1) is 13.8 Å². The molecule has 0 bridgehead atoms. The van der Waals surface area contributed by atoms with Gasteiger partial charge in [-0.1, -0.05) is 29.5 Å². The number of hydrogen-bond donors (Lipinski definition) is 0. The lowest BCUT2D eigenvalue weighted by Crippen LogP contribution is -2.26. The third-order valence-corrected chi connectivity index (χ3v) is 8.81. The number of amides is 1. The van der Waals surface area contributed by atoms with Gasteiger partial charge < -0.3 is 9.30 Å². The predicted octanol–water partition coefficient (Wildman–Crippen LogP) is 4.45. The molecule has 0 aliphatic carbocycles. The van der Waals surface area contributed by atoms with Crippen molar-refractivity contribution in [2.45, 2.75) is 32.2 Å². The van der Waals surface area contributed by atoms with Gasteiger partial charge in [-0.15, -0.1) is 0 Å². The monoisotopic (exact) mass is 537 g/mol. The van der Waals surface area contributed by atoms with Crippen molar-refractivity contribution in [3.63, 3.8) is 0 Å². The van der Waals surface area contributed by atoms with Crippen LogP contribution in [0.25, 0.3) is 10.2 Å². The Bertz CT molecular complexity index is 1640. The lowest BCUT2D eigenvalue weighted by molar-refractivity contribution is -0.143. The highest BCUT2D eigenvalue weighted by atomic mass is 32.2. The van der Waals surface area contributed by atoms with E-state index in [0.717, 1.165) is 21.3 Å². The van der Waals surface area contributed by atoms with E-state index in [2.05, 4.69) is 4.99 Å². The highest BCUT2D eigenvalue weighted by Crippen LogP contribution is 2.24. The van der Waals surface area contributed by atoms with Gasteiger partial charge in [0.15, 0.2) is 4.80 Å². The van der Waals surface area contributed by atoms with Gasteiger partial charge in [-0.2, -0.15) is 4.99 Å². The van der Waals surface area contributed by atoms with E-state index in [9.17, 15) is 18.0 Å². The van der Waals surface area contributed by atoms with Crippen LogP contribution in [0.2, 0.25) is 0 Å². The zero-order chi connectivity index (χ0) is 26.7. The predicted molar refractivity (Wildman–Crippen MR) is 144 cm³/mol. The summed E-state index contributed by atoms with van der Waals surface area (Å²) >= 11 is 1.30. The number of ether oxygens (including phenoxy) is 1. The average Bonchev–Trinajstić information content (AvgIpc) is 3.19. The molecule has 1 aromatic heterocycles. The first-order valence-corrected chi connectivity index (χ1v) is 13.9. The second kappa shape index (κ2) is 10.7. The summed E-state index contributed by atoms with van der Waals surface area (Å²) in [7, 11) is -2.33. The number of anilines is 1. The van der Waals surface area contributed by atoms with Crippen LogP contribution in [0.1, 0.15) is 28.4 Å². The Morgan fingerprint density at radius 1 is 1.00 bits per heavy atom. The first kappa shape index (κ1) is 26.3. The third kappa shape index (κ3) is 5.50. The number of aryl methyl sites for hydroxylation is 2. The maximum Gasteiger partial charge on any atom is 0.326 e. The molecule has 0 saturated heterocycles. The quantitative estimate of drug-likeness (QED) is 0.325. The van der Waals surface area contributed by atoms with Crippen LogP contribution >= 0.6 is 11.3 Å². The van der Waals surface area contributed by atoms with Gasteiger partial charge in [-0.3, -0.25) is 13.9 Å². The molecule has 0 fully saturated rings. The molecule has 1 heterocycles. The summed E-state index contributed by atoms with van der Waals surface area (Å²) in [5.74, 6) is -0.968. The molecule has 192 valence electrons. The molecule has 0 spiro atoms. The average molecular weight is 538 g/mol. The molecule has 0 atom stereocenters. The molecule has 10 heteroatoms. The van der Waals surface area contributed by atoms with Gasteiger partial charge in [0.05, 0.1) is 27.4 Å². The molecule has 0 aliphatic rings. The van der Waals surface area contributed by atoms with Crippen molar-refractivity contribution in [2.75, 3.05) is 18.0 Å². The third-order valence-electron chi connectivity index (χ3n) is 5.97. The van der Waals surface area contributed by atoms with Crippen LogP contribution in [-0.2, 0) is 26.1 Å². The topological polar surface area (TPSA) is 98.0 Å². The molecule has 0 saturated carbocycles. The molecule has 4 aromatic rings. The van der Waals surface area contributed by atoms with E-state index in [4.69, 9.17) is 4.74 Å². The first-order valence-electron chi connectivity index (χ1n) is 11.6. The van der Waals surface area contributed by atoms with Crippen molar-refractivity contribution in [3.05, 3.63) is 88.2 Å². The Hall–Kier alpha value is -3.76. The van der Waals surface area contributed by atoms with Crippen molar-refractivity contribution < 1.29 is 22.7 Å². The number of carbonyl (C=O) groups is 2. The molecule has 0 aliphatic heterocycles. The second-order valence-electron chi connectivity index (χ2n) is 8.43. The minimum absolute atomic E-state index is 0.0561. The van der Waals surface area contributed by atoms with E-state index in [-0.39, 0.29) is 23.6 Å². The SMILES string of the molecule is CCOC(=O)Cn1c(=NC(=O)c2ccc(S(=O)(=O)N(C)c3ccccc3)cc2)sc2cc(C)c(C)cc21. The summed E-state index contributed by atoms with van der Waals surface area (Å²) in [4.78, 5) is 30.0. The minimum atomic E-state index is -3.81. The molecular formula is C27H27N3O5S2. The van der Waals surface area contributed by atoms with Crippen molar-refractivity contribution >= 4 is 49.1 Å². The van der Waals surface area contributed by atoms with Gasteiger partial charge in [0.2, 0.25) is 0 Å². The van der Waals surface area contributed by atoms with Gasteiger partial charge in [0.1, 0.15) is 6.54 Å². The summed E-state index contributed by atoms with van der Waals surface area (Å²) < 4.78 is 34.9. The smallest absolute Gasteiger partial charge is 0.326 e. The highest BCUT2D eigenvalue weighted by Gasteiger charge is 2.21. The molecule has 4 rings (SSSR count). The van der Waals surface area contributed by atoms with Crippen LogP contribution in [0.4, 0.5) is 5.69 Å². The van der Waals surface area contributed by atoms with Crippen molar-refractivity contribution in [1.82, 2.24) is 4.57 Å². The van der Waals surface area contributed by atoms with Crippen molar-refractivity contribution in [2.24, 2.45) is 4.99 Å². The maximum absolute atomic E-state index is 13.1. The summed E-state index contributed by atoms with van der Waals surface area (Å²) in [5, 5.41) is 0. The second-order valence-corrected chi connectivity index (χ2v) is 11.4. The molecule has 1 amide bonds. The number of fused-ring (bicyclic) bond motifs is 1. The molecule has 0 unspecified atom stereocenters. The van der Waals surface area contributed by atoms with Gasteiger partial charge in [-0.05, 0) is 80.4 Å². The molecule has 8 nitrogen and oxygen atoms in total. The largest absolute Gasteiger partial charge is 0.465 e. The Morgan fingerprint density at radius 2 is 1.65 bits per heavy atom. The molecule has 37 heavy (non-hydrogen) atoms. The van der Waals surface area contributed by atoms with E-state index in [1.165, 1.54) is 47.0 Å². The lowest BCUT2D eigenvalue weighted by Gasteiger charge is -2.19. The Morgan fingerprint density at radius 3 is 2.30 bits per heavy atom. The van der Waals surface area contributed by atoms with E-state index >= 15 is 0 Å². The van der Waals surface area contributed by atoms with Crippen LogP contribution in [0.15, 0.2) is 76.6 Å². The molecular weight excluding hydrogens is 510 g/mol. The molecule has 0 radical (unpaired) electrons. The van der Waals surface area contributed by atoms with E-state index in [1.807, 2.05) is 32.0 Å². The standard InChI is InChI=1S/C27H27N3O5S2/c1-5-35-25(31)17-30-23-15-18(2)19(3)16-24(23)36-27(30)28-26(32)20-11-13-22(14-12-20)37(33,34)29(4)21-9-7-6-8-10-21/h6-16H,5,17H2,1-4H3. The lowest BCUT2D eigenvalue weighted by atomic mass is 10.1. The Labute approximate surface area is 219 Å². The van der Waals surface area contributed by atoms with E-state index in [0.29, 0.717) is 10.5 Å². The number of esters is 1. The summed E-state index contributed by atoms with van der Waals surface area (Å²) in [5.41, 5.74) is 3.69. The molecule has 0 N–H and O–H groups in total. The number of nitrogens with zero attached hydrogens (tertiary/aromatic N) is 3. The maximum atomic E-state index is 13.1. The fourth-order valence-electron chi connectivity index (χ4n) is 3.75. The summed E-state index contributed by atoms with van der Waals surface area (Å²) in [6.45, 7) is 5.88. The number of rotatable bonds is 7. The normalized spacial score (nSPS) is 12.1. The fourth-order valence-corrected chi connectivity index (χ4v) is 6.05. The number of carbonyl (C=O) groups excluding carboxylic acids is 2. The fraction of sp³-hybridized carbons (Fsp3) is 0.222. The van der Waals surface area contributed by atoms with E-state index in [1.54, 1.807) is 35.8 Å². The minimum Gasteiger partial charge on any atom is -0.465 e.